The smallest absolute Gasteiger partial charge is 0.409 e. The summed E-state index contributed by atoms with van der Waals surface area (Å²) in [6.07, 6.45) is 1.31. The number of rotatable bonds is 5. The Bertz CT molecular complexity index is 574. The third-order valence-electron chi connectivity index (χ3n) is 4.76. The molecule has 1 fully saturated rings. The van der Waals surface area contributed by atoms with Crippen molar-refractivity contribution in [1.29, 1.82) is 0 Å². The number of nitrogens with one attached hydrogen (secondary N) is 1. The van der Waals surface area contributed by atoms with Gasteiger partial charge in [0.15, 0.2) is 0 Å². The minimum atomic E-state index is -0.925. The van der Waals surface area contributed by atoms with E-state index in [0.717, 1.165) is 6.42 Å². The molecule has 140 valence electrons. The fourth-order valence-corrected chi connectivity index (χ4v) is 3.31. The molecule has 1 spiro atoms. The second-order valence-corrected chi connectivity index (χ2v) is 7.01. The van der Waals surface area contributed by atoms with Crippen molar-refractivity contribution < 1.29 is 23.9 Å². The first-order chi connectivity index (χ1) is 11.8. The number of esters is 1. The van der Waals surface area contributed by atoms with E-state index in [1.54, 1.807) is 18.7 Å². The molecule has 0 aromatic carbocycles. The number of hydrogen-bond acceptors (Lipinski definition) is 5. The number of hydrogen-bond donors (Lipinski definition) is 1. The Morgan fingerprint density at radius 2 is 1.96 bits per heavy atom. The average molecular weight is 352 g/mol. The Morgan fingerprint density at radius 1 is 1.32 bits per heavy atom. The first-order valence-electron chi connectivity index (χ1n) is 8.95. The average Bonchev–Trinajstić information content (AvgIpc) is 2.78. The van der Waals surface area contributed by atoms with Gasteiger partial charge in [-0.1, -0.05) is 13.8 Å². The summed E-state index contributed by atoms with van der Waals surface area (Å²) in [7, 11) is 0. The molecule has 2 heterocycles. The standard InChI is InChI=1S/C18H28N2O5/c1-5-24-17(23)20-10-7-18(8-11-20)14(13(4)16(22)25-18)15(21)19-9-6-12(2)3/h12H,5-11H2,1-4H3,(H,19,21). The molecular weight excluding hydrogens is 324 g/mol. The van der Waals surface area contributed by atoms with Crippen LogP contribution in [0.3, 0.4) is 0 Å². The van der Waals surface area contributed by atoms with Gasteiger partial charge in [0.1, 0.15) is 5.60 Å². The SMILES string of the molecule is CCOC(=O)N1CCC2(CC1)OC(=O)C(C)=C2C(=O)NCCC(C)C. The second-order valence-electron chi connectivity index (χ2n) is 7.01. The summed E-state index contributed by atoms with van der Waals surface area (Å²) in [5.74, 6) is -0.203. The fourth-order valence-electron chi connectivity index (χ4n) is 3.31. The van der Waals surface area contributed by atoms with E-state index in [1.165, 1.54) is 0 Å². The quantitative estimate of drug-likeness (QED) is 0.765. The van der Waals surface area contributed by atoms with Crippen LogP contribution in [-0.4, -0.2) is 54.7 Å². The van der Waals surface area contributed by atoms with Gasteiger partial charge >= 0.3 is 12.1 Å². The lowest BCUT2D eigenvalue weighted by Gasteiger charge is -2.38. The largest absolute Gasteiger partial charge is 0.450 e. The van der Waals surface area contributed by atoms with Gasteiger partial charge < -0.3 is 19.7 Å². The van der Waals surface area contributed by atoms with Crippen LogP contribution in [0.4, 0.5) is 4.79 Å². The zero-order valence-electron chi connectivity index (χ0n) is 15.5. The number of nitrogens with zero attached hydrogens (tertiary/aromatic N) is 1. The zero-order valence-corrected chi connectivity index (χ0v) is 15.5. The molecule has 0 bridgehead atoms. The van der Waals surface area contributed by atoms with E-state index >= 15 is 0 Å². The number of likely N-dealkylation sites (tertiary alicyclic amines) is 1. The summed E-state index contributed by atoms with van der Waals surface area (Å²) < 4.78 is 10.6. The number of carbonyl (C=O) groups excluding carboxylic acids is 3. The highest BCUT2D eigenvalue weighted by atomic mass is 16.6. The van der Waals surface area contributed by atoms with E-state index in [9.17, 15) is 14.4 Å². The van der Waals surface area contributed by atoms with E-state index in [-0.39, 0.29) is 12.0 Å². The van der Waals surface area contributed by atoms with Crippen molar-refractivity contribution in [3.63, 3.8) is 0 Å². The Kier molecular flexibility index (Phi) is 6.08. The van der Waals surface area contributed by atoms with Crippen LogP contribution in [0, 0.1) is 5.92 Å². The summed E-state index contributed by atoms with van der Waals surface area (Å²) in [5.41, 5.74) is -0.136. The number of piperidine rings is 1. The van der Waals surface area contributed by atoms with Gasteiger partial charge in [-0.25, -0.2) is 9.59 Å². The normalized spacial score (nSPS) is 19.4. The highest BCUT2D eigenvalue weighted by molar-refractivity contribution is 6.07. The Hall–Kier alpha value is -2.05. The molecule has 2 aliphatic heterocycles. The predicted molar refractivity (Wildman–Crippen MR) is 91.8 cm³/mol. The second kappa shape index (κ2) is 7.89. The molecule has 25 heavy (non-hydrogen) atoms. The maximum absolute atomic E-state index is 12.7. The van der Waals surface area contributed by atoms with Gasteiger partial charge in [-0.2, -0.15) is 0 Å². The lowest BCUT2D eigenvalue weighted by molar-refractivity contribution is -0.150. The zero-order chi connectivity index (χ0) is 18.6. The molecular formula is C18H28N2O5. The van der Waals surface area contributed by atoms with Crippen molar-refractivity contribution in [2.45, 2.75) is 52.6 Å². The van der Waals surface area contributed by atoms with Crippen LogP contribution >= 0.6 is 0 Å². The predicted octanol–water partition coefficient (Wildman–Crippen LogP) is 2.01. The van der Waals surface area contributed by atoms with Gasteiger partial charge in [-0.05, 0) is 26.2 Å². The first kappa shape index (κ1) is 19.3. The highest BCUT2D eigenvalue weighted by Gasteiger charge is 2.51. The third-order valence-corrected chi connectivity index (χ3v) is 4.76. The van der Waals surface area contributed by atoms with Crippen molar-refractivity contribution in [2.24, 2.45) is 5.92 Å². The topological polar surface area (TPSA) is 84.9 Å². The van der Waals surface area contributed by atoms with E-state index in [0.29, 0.717) is 56.1 Å². The van der Waals surface area contributed by atoms with Gasteiger partial charge in [0.25, 0.3) is 5.91 Å². The molecule has 0 unspecified atom stereocenters. The molecule has 1 saturated heterocycles. The van der Waals surface area contributed by atoms with E-state index in [4.69, 9.17) is 9.47 Å². The van der Waals surface area contributed by atoms with Crippen molar-refractivity contribution in [1.82, 2.24) is 10.2 Å². The Balaban J connectivity index is 2.08. The third kappa shape index (κ3) is 4.14. The van der Waals surface area contributed by atoms with Crippen LogP contribution in [0.5, 0.6) is 0 Å². The van der Waals surface area contributed by atoms with E-state index in [1.807, 2.05) is 0 Å². The molecule has 7 nitrogen and oxygen atoms in total. The van der Waals surface area contributed by atoms with Gasteiger partial charge in [-0.3, -0.25) is 4.79 Å². The maximum atomic E-state index is 12.7. The van der Waals surface area contributed by atoms with Crippen LogP contribution in [0.15, 0.2) is 11.1 Å². The molecule has 0 aliphatic carbocycles. The molecule has 2 rings (SSSR count). The lowest BCUT2D eigenvalue weighted by Crippen LogP contribution is -2.50. The molecule has 0 aromatic rings. The van der Waals surface area contributed by atoms with Crippen LogP contribution in [-0.2, 0) is 19.1 Å². The summed E-state index contributed by atoms with van der Waals surface area (Å²) in [5, 5.41) is 2.90. The Labute approximate surface area is 148 Å². The van der Waals surface area contributed by atoms with Crippen LogP contribution < -0.4 is 5.32 Å². The monoisotopic (exact) mass is 352 g/mol. The van der Waals surface area contributed by atoms with E-state index < -0.39 is 11.6 Å². The Morgan fingerprint density at radius 3 is 2.52 bits per heavy atom. The van der Waals surface area contributed by atoms with Gasteiger partial charge in [0, 0.05) is 38.0 Å². The molecule has 2 amide bonds. The van der Waals surface area contributed by atoms with Gasteiger partial charge in [-0.15, -0.1) is 0 Å². The van der Waals surface area contributed by atoms with Crippen molar-refractivity contribution in [3.05, 3.63) is 11.1 Å². The highest BCUT2D eigenvalue weighted by Crippen LogP contribution is 2.41. The number of carbonyl (C=O) groups is 3. The maximum Gasteiger partial charge on any atom is 0.409 e. The molecule has 0 saturated carbocycles. The molecule has 1 N–H and O–H groups in total. The van der Waals surface area contributed by atoms with Crippen molar-refractivity contribution in [2.75, 3.05) is 26.2 Å². The lowest BCUT2D eigenvalue weighted by atomic mass is 9.83. The van der Waals surface area contributed by atoms with Crippen LogP contribution in [0.2, 0.25) is 0 Å². The van der Waals surface area contributed by atoms with Crippen LogP contribution in [0.25, 0.3) is 0 Å². The summed E-state index contributed by atoms with van der Waals surface area (Å²) in [6, 6.07) is 0. The minimum absolute atomic E-state index is 0.242. The minimum Gasteiger partial charge on any atom is -0.450 e. The molecule has 0 aromatic heterocycles. The van der Waals surface area contributed by atoms with Crippen LogP contribution in [0.1, 0.15) is 47.0 Å². The molecule has 2 aliphatic rings. The summed E-state index contributed by atoms with van der Waals surface area (Å²) in [6.45, 7) is 9.23. The first-order valence-corrected chi connectivity index (χ1v) is 8.95. The number of amides is 2. The van der Waals surface area contributed by atoms with Gasteiger partial charge in [0.2, 0.25) is 0 Å². The van der Waals surface area contributed by atoms with Crippen molar-refractivity contribution >= 4 is 18.0 Å². The van der Waals surface area contributed by atoms with Crippen molar-refractivity contribution in [3.8, 4) is 0 Å². The molecule has 7 heteroatoms. The van der Waals surface area contributed by atoms with Gasteiger partial charge in [0.05, 0.1) is 12.2 Å². The number of ether oxygens (including phenoxy) is 2. The fraction of sp³-hybridized carbons (Fsp3) is 0.722. The van der Waals surface area contributed by atoms with E-state index in [2.05, 4.69) is 19.2 Å². The summed E-state index contributed by atoms with van der Waals surface area (Å²) in [4.78, 5) is 38.2. The molecule has 0 radical (unpaired) electrons. The summed E-state index contributed by atoms with van der Waals surface area (Å²) >= 11 is 0. The molecule has 0 atom stereocenters.